The lowest BCUT2D eigenvalue weighted by molar-refractivity contribution is -0.116. The Morgan fingerprint density at radius 1 is 1.28 bits per heavy atom. The van der Waals surface area contributed by atoms with Crippen LogP contribution in [0.3, 0.4) is 0 Å². The van der Waals surface area contributed by atoms with Crippen LogP contribution in [0.5, 0.6) is 0 Å². The summed E-state index contributed by atoms with van der Waals surface area (Å²) in [6, 6.07) is 8.97. The number of rotatable bonds is 5. The standard InChI is InChI=1S/C18H27N3O2.2ClH/c1-14(21-9-11-23-12-10-21)15-4-6-16(7-5-15)20-18(22)13-17-3-2-8-19-17;;/h4-7,14,17,19H,2-3,8-13H2,1H3,(H,20,22);2*1H. The largest absolute Gasteiger partial charge is 0.379 e. The summed E-state index contributed by atoms with van der Waals surface area (Å²) < 4.78 is 5.41. The molecule has 2 fully saturated rings. The van der Waals surface area contributed by atoms with Crippen LogP contribution in [0.4, 0.5) is 5.69 Å². The molecule has 2 aliphatic rings. The zero-order chi connectivity index (χ0) is 16.1. The van der Waals surface area contributed by atoms with Gasteiger partial charge in [0.05, 0.1) is 13.2 Å². The van der Waals surface area contributed by atoms with Gasteiger partial charge in [-0.2, -0.15) is 0 Å². The van der Waals surface area contributed by atoms with E-state index in [4.69, 9.17) is 4.74 Å². The lowest BCUT2D eigenvalue weighted by Gasteiger charge is -2.32. The fourth-order valence-electron chi connectivity index (χ4n) is 3.39. The van der Waals surface area contributed by atoms with Crippen molar-refractivity contribution in [1.82, 2.24) is 10.2 Å². The molecule has 0 radical (unpaired) electrons. The first-order valence-electron chi connectivity index (χ1n) is 8.67. The zero-order valence-electron chi connectivity index (χ0n) is 14.7. The normalized spacial score (nSPS) is 21.7. The van der Waals surface area contributed by atoms with E-state index in [-0.39, 0.29) is 30.7 Å². The summed E-state index contributed by atoms with van der Waals surface area (Å²) in [6.45, 7) is 6.85. The number of nitrogens with zero attached hydrogens (tertiary/aromatic N) is 1. The Balaban J connectivity index is 0.00000156. The molecule has 2 unspecified atom stereocenters. The van der Waals surface area contributed by atoms with Crippen LogP contribution in [0, 0.1) is 0 Å². The van der Waals surface area contributed by atoms with Gasteiger partial charge in [-0.3, -0.25) is 9.69 Å². The molecule has 0 spiro atoms. The molecular formula is C18H29Cl2N3O2. The maximum Gasteiger partial charge on any atom is 0.225 e. The number of hydrogen-bond donors (Lipinski definition) is 2. The first kappa shape index (κ1) is 22.2. The highest BCUT2D eigenvalue weighted by molar-refractivity contribution is 5.91. The molecule has 2 heterocycles. The molecule has 0 aliphatic carbocycles. The van der Waals surface area contributed by atoms with Gasteiger partial charge in [0.1, 0.15) is 0 Å². The maximum atomic E-state index is 12.1. The van der Waals surface area contributed by atoms with Crippen molar-refractivity contribution in [2.75, 3.05) is 38.2 Å². The van der Waals surface area contributed by atoms with Crippen LogP contribution >= 0.6 is 24.8 Å². The Labute approximate surface area is 162 Å². The van der Waals surface area contributed by atoms with E-state index in [1.54, 1.807) is 0 Å². The number of nitrogens with one attached hydrogen (secondary N) is 2. The summed E-state index contributed by atoms with van der Waals surface area (Å²) in [6.07, 6.45) is 2.83. The highest BCUT2D eigenvalue weighted by Gasteiger charge is 2.19. The molecule has 142 valence electrons. The molecule has 25 heavy (non-hydrogen) atoms. The molecular weight excluding hydrogens is 361 g/mol. The Morgan fingerprint density at radius 2 is 1.96 bits per heavy atom. The average molecular weight is 390 g/mol. The van der Waals surface area contributed by atoms with Gasteiger partial charge in [0.2, 0.25) is 5.91 Å². The first-order valence-corrected chi connectivity index (χ1v) is 8.67. The van der Waals surface area contributed by atoms with Crippen molar-refractivity contribution < 1.29 is 9.53 Å². The number of anilines is 1. The van der Waals surface area contributed by atoms with Crippen LogP contribution in [-0.2, 0) is 9.53 Å². The minimum absolute atomic E-state index is 0. The molecule has 0 saturated carbocycles. The molecule has 2 N–H and O–H groups in total. The van der Waals surface area contributed by atoms with Crippen LogP contribution in [0.15, 0.2) is 24.3 Å². The van der Waals surface area contributed by atoms with Crippen LogP contribution in [0.1, 0.15) is 37.8 Å². The third-order valence-corrected chi connectivity index (χ3v) is 4.86. The molecule has 0 aromatic heterocycles. The molecule has 3 rings (SSSR count). The van der Waals surface area contributed by atoms with Gasteiger partial charge in [0.15, 0.2) is 0 Å². The highest BCUT2D eigenvalue weighted by Crippen LogP contribution is 2.23. The maximum absolute atomic E-state index is 12.1. The number of halogens is 2. The topological polar surface area (TPSA) is 53.6 Å². The van der Waals surface area contributed by atoms with Crippen molar-refractivity contribution in [1.29, 1.82) is 0 Å². The Hall–Kier alpha value is -0.850. The molecule has 2 saturated heterocycles. The van der Waals surface area contributed by atoms with Crippen molar-refractivity contribution >= 4 is 36.4 Å². The molecule has 1 amide bonds. The van der Waals surface area contributed by atoms with E-state index < -0.39 is 0 Å². The van der Waals surface area contributed by atoms with Gasteiger partial charge < -0.3 is 15.4 Å². The van der Waals surface area contributed by atoms with E-state index in [0.717, 1.165) is 45.0 Å². The van der Waals surface area contributed by atoms with Crippen molar-refractivity contribution in [2.45, 2.75) is 38.3 Å². The quantitative estimate of drug-likeness (QED) is 0.812. The Morgan fingerprint density at radius 3 is 2.56 bits per heavy atom. The van der Waals surface area contributed by atoms with E-state index in [0.29, 0.717) is 18.5 Å². The van der Waals surface area contributed by atoms with Gasteiger partial charge in [-0.15, -0.1) is 24.8 Å². The summed E-state index contributed by atoms with van der Waals surface area (Å²) >= 11 is 0. The molecule has 0 bridgehead atoms. The number of ether oxygens (including phenoxy) is 1. The van der Waals surface area contributed by atoms with Crippen LogP contribution in [-0.4, -0.2) is 49.7 Å². The SMILES string of the molecule is CC(c1ccc(NC(=O)CC2CCCN2)cc1)N1CCOCC1.Cl.Cl. The van der Waals surface area contributed by atoms with Crippen LogP contribution in [0.25, 0.3) is 0 Å². The molecule has 1 aromatic carbocycles. The minimum Gasteiger partial charge on any atom is -0.379 e. The number of benzene rings is 1. The van der Waals surface area contributed by atoms with E-state index in [9.17, 15) is 4.79 Å². The number of amides is 1. The van der Waals surface area contributed by atoms with Crippen molar-refractivity contribution in [3.8, 4) is 0 Å². The van der Waals surface area contributed by atoms with E-state index >= 15 is 0 Å². The van der Waals surface area contributed by atoms with E-state index in [1.165, 1.54) is 12.0 Å². The third-order valence-electron chi connectivity index (χ3n) is 4.86. The van der Waals surface area contributed by atoms with E-state index in [2.05, 4.69) is 34.6 Å². The van der Waals surface area contributed by atoms with Crippen molar-refractivity contribution in [2.24, 2.45) is 0 Å². The summed E-state index contributed by atoms with van der Waals surface area (Å²) in [5, 5.41) is 6.36. The van der Waals surface area contributed by atoms with Gasteiger partial charge >= 0.3 is 0 Å². The predicted octanol–water partition coefficient (Wildman–Crippen LogP) is 3.00. The second kappa shape index (κ2) is 11.0. The Bertz CT molecular complexity index is 516. The van der Waals surface area contributed by atoms with Gasteiger partial charge in [-0.05, 0) is 44.0 Å². The number of hydrogen-bond acceptors (Lipinski definition) is 4. The monoisotopic (exact) mass is 389 g/mol. The van der Waals surface area contributed by atoms with Crippen molar-refractivity contribution in [3.63, 3.8) is 0 Å². The molecule has 2 atom stereocenters. The fourth-order valence-corrected chi connectivity index (χ4v) is 3.39. The summed E-state index contributed by atoms with van der Waals surface area (Å²) in [4.78, 5) is 14.5. The summed E-state index contributed by atoms with van der Waals surface area (Å²) in [7, 11) is 0. The van der Waals surface area contributed by atoms with Crippen LogP contribution in [0.2, 0.25) is 0 Å². The second-order valence-corrected chi connectivity index (χ2v) is 6.49. The summed E-state index contributed by atoms with van der Waals surface area (Å²) in [5.74, 6) is 0.0957. The number of carbonyl (C=O) groups is 1. The predicted molar refractivity (Wildman–Crippen MR) is 106 cm³/mol. The smallest absolute Gasteiger partial charge is 0.225 e. The highest BCUT2D eigenvalue weighted by atomic mass is 35.5. The number of morpholine rings is 1. The molecule has 2 aliphatic heterocycles. The molecule has 5 nitrogen and oxygen atoms in total. The van der Waals surface area contributed by atoms with Crippen LogP contribution < -0.4 is 10.6 Å². The summed E-state index contributed by atoms with van der Waals surface area (Å²) in [5.41, 5.74) is 2.16. The minimum atomic E-state index is 0. The molecule has 7 heteroatoms. The van der Waals surface area contributed by atoms with Gasteiger partial charge in [0, 0.05) is 37.3 Å². The van der Waals surface area contributed by atoms with Crippen molar-refractivity contribution in [3.05, 3.63) is 29.8 Å². The second-order valence-electron chi connectivity index (χ2n) is 6.49. The third kappa shape index (κ3) is 6.42. The molecule has 1 aromatic rings. The van der Waals surface area contributed by atoms with E-state index in [1.807, 2.05) is 12.1 Å². The average Bonchev–Trinajstić information content (AvgIpc) is 3.08. The Kier molecular flexibility index (Phi) is 9.75. The zero-order valence-corrected chi connectivity index (χ0v) is 16.3. The van der Waals surface area contributed by atoms with Gasteiger partial charge in [-0.25, -0.2) is 0 Å². The number of carbonyl (C=O) groups excluding carboxylic acids is 1. The fraction of sp³-hybridized carbons (Fsp3) is 0.611. The van der Waals surface area contributed by atoms with Gasteiger partial charge in [0.25, 0.3) is 0 Å². The van der Waals surface area contributed by atoms with Gasteiger partial charge in [-0.1, -0.05) is 12.1 Å². The lowest BCUT2D eigenvalue weighted by Crippen LogP contribution is -2.38. The lowest BCUT2D eigenvalue weighted by atomic mass is 10.1. The first-order chi connectivity index (χ1) is 11.2.